The van der Waals surface area contributed by atoms with Crippen molar-refractivity contribution in [1.82, 2.24) is 5.32 Å². The summed E-state index contributed by atoms with van der Waals surface area (Å²) in [5.74, 6) is -0.00894. The predicted molar refractivity (Wildman–Crippen MR) is 78.1 cm³/mol. The summed E-state index contributed by atoms with van der Waals surface area (Å²) >= 11 is 0. The molecule has 1 amide bonds. The minimum atomic E-state index is -0.585. The summed E-state index contributed by atoms with van der Waals surface area (Å²) in [6.45, 7) is 9.14. The van der Waals surface area contributed by atoms with Crippen molar-refractivity contribution in [2.75, 3.05) is 6.54 Å². The molecule has 0 saturated heterocycles. The second-order valence-corrected chi connectivity index (χ2v) is 6.54. The molecule has 1 saturated carbocycles. The van der Waals surface area contributed by atoms with Gasteiger partial charge in [0.1, 0.15) is 0 Å². The second kappa shape index (κ2) is 4.64. The standard InChI is InChI=1S/C16H24N2O/c1-11-5-6-13(12(2)9-11)15(3,4)10-18-14(19)16(17)7-8-16/h5-6,9H,7-8,10,17H2,1-4H3,(H,18,19). The maximum atomic E-state index is 11.9. The molecular formula is C16H24N2O. The van der Waals surface area contributed by atoms with Gasteiger partial charge in [-0.3, -0.25) is 4.79 Å². The highest BCUT2D eigenvalue weighted by molar-refractivity contribution is 5.89. The topological polar surface area (TPSA) is 55.1 Å². The Bertz CT molecular complexity index is 501. The summed E-state index contributed by atoms with van der Waals surface area (Å²) in [7, 11) is 0. The van der Waals surface area contributed by atoms with Gasteiger partial charge in [0.25, 0.3) is 0 Å². The van der Waals surface area contributed by atoms with Crippen LogP contribution in [-0.4, -0.2) is 18.0 Å². The fourth-order valence-corrected chi connectivity index (χ4v) is 2.51. The van der Waals surface area contributed by atoms with E-state index in [0.717, 1.165) is 12.8 Å². The third kappa shape index (κ3) is 2.98. The minimum Gasteiger partial charge on any atom is -0.354 e. The highest BCUT2D eigenvalue weighted by atomic mass is 16.2. The molecule has 1 aliphatic rings. The van der Waals surface area contributed by atoms with Gasteiger partial charge in [0.05, 0.1) is 5.54 Å². The Kier molecular flexibility index (Phi) is 3.43. The monoisotopic (exact) mass is 260 g/mol. The van der Waals surface area contributed by atoms with Gasteiger partial charge in [-0.25, -0.2) is 0 Å². The van der Waals surface area contributed by atoms with Crippen molar-refractivity contribution >= 4 is 5.91 Å². The maximum absolute atomic E-state index is 11.9. The van der Waals surface area contributed by atoms with Gasteiger partial charge in [-0.1, -0.05) is 37.6 Å². The molecule has 3 nitrogen and oxygen atoms in total. The van der Waals surface area contributed by atoms with Crippen molar-refractivity contribution in [3.63, 3.8) is 0 Å². The van der Waals surface area contributed by atoms with Crippen LogP contribution in [0.15, 0.2) is 18.2 Å². The first-order valence-electron chi connectivity index (χ1n) is 6.90. The Hall–Kier alpha value is -1.35. The summed E-state index contributed by atoms with van der Waals surface area (Å²) in [4.78, 5) is 11.9. The average molecular weight is 260 g/mol. The van der Waals surface area contributed by atoms with Gasteiger partial charge in [0, 0.05) is 12.0 Å². The lowest BCUT2D eigenvalue weighted by Crippen LogP contribution is -2.46. The summed E-state index contributed by atoms with van der Waals surface area (Å²) in [6, 6.07) is 6.47. The van der Waals surface area contributed by atoms with Gasteiger partial charge in [-0.15, -0.1) is 0 Å². The van der Waals surface area contributed by atoms with Crippen LogP contribution in [0.4, 0.5) is 0 Å². The quantitative estimate of drug-likeness (QED) is 0.872. The van der Waals surface area contributed by atoms with Crippen LogP contribution in [0.5, 0.6) is 0 Å². The fourth-order valence-electron chi connectivity index (χ4n) is 2.51. The van der Waals surface area contributed by atoms with Crippen molar-refractivity contribution < 1.29 is 4.79 Å². The first kappa shape index (κ1) is 14.1. The van der Waals surface area contributed by atoms with E-state index in [1.54, 1.807) is 0 Å². The van der Waals surface area contributed by atoms with Crippen molar-refractivity contribution in [2.45, 2.75) is 51.5 Å². The number of rotatable bonds is 4. The van der Waals surface area contributed by atoms with E-state index < -0.39 is 5.54 Å². The fraction of sp³-hybridized carbons (Fsp3) is 0.562. The number of aryl methyl sites for hydroxylation is 2. The van der Waals surface area contributed by atoms with Crippen molar-refractivity contribution in [2.24, 2.45) is 5.73 Å². The van der Waals surface area contributed by atoms with E-state index in [9.17, 15) is 4.79 Å². The number of nitrogens with one attached hydrogen (secondary N) is 1. The number of nitrogens with two attached hydrogens (primary N) is 1. The van der Waals surface area contributed by atoms with Crippen LogP contribution in [0, 0.1) is 13.8 Å². The zero-order chi connectivity index (χ0) is 14.3. The molecule has 1 aromatic carbocycles. The van der Waals surface area contributed by atoms with Crippen LogP contribution in [-0.2, 0) is 10.2 Å². The Balaban J connectivity index is 2.07. The highest BCUT2D eigenvalue weighted by Crippen LogP contribution is 2.33. The summed E-state index contributed by atoms with van der Waals surface area (Å²) < 4.78 is 0. The first-order chi connectivity index (χ1) is 8.74. The van der Waals surface area contributed by atoms with Gasteiger partial charge < -0.3 is 11.1 Å². The third-order valence-electron chi connectivity index (χ3n) is 4.04. The number of carbonyl (C=O) groups excluding carboxylic acids is 1. The molecule has 0 aromatic heterocycles. The Morgan fingerprint density at radius 1 is 1.37 bits per heavy atom. The highest BCUT2D eigenvalue weighted by Gasteiger charge is 2.46. The normalized spacial score (nSPS) is 17.1. The first-order valence-corrected chi connectivity index (χ1v) is 6.90. The van der Waals surface area contributed by atoms with Crippen molar-refractivity contribution in [1.29, 1.82) is 0 Å². The van der Waals surface area contributed by atoms with Gasteiger partial charge in [-0.2, -0.15) is 0 Å². The minimum absolute atomic E-state index is 0.00894. The molecule has 19 heavy (non-hydrogen) atoms. The van der Waals surface area contributed by atoms with Gasteiger partial charge >= 0.3 is 0 Å². The Labute approximate surface area is 115 Å². The number of benzene rings is 1. The molecule has 3 heteroatoms. The zero-order valence-electron chi connectivity index (χ0n) is 12.3. The number of hydrogen-bond donors (Lipinski definition) is 2. The van der Waals surface area contributed by atoms with E-state index in [1.165, 1.54) is 16.7 Å². The molecule has 2 rings (SSSR count). The van der Waals surface area contributed by atoms with E-state index in [1.807, 2.05) is 0 Å². The van der Waals surface area contributed by atoms with E-state index in [-0.39, 0.29) is 11.3 Å². The molecule has 0 aliphatic heterocycles. The average Bonchev–Trinajstić information content (AvgIpc) is 3.05. The molecule has 0 atom stereocenters. The summed E-state index contributed by atoms with van der Waals surface area (Å²) in [5, 5.41) is 3.00. The van der Waals surface area contributed by atoms with Crippen LogP contribution >= 0.6 is 0 Å². The van der Waals surface area contributed by atoms with Gasteiger partial charge in [0.15, 0.2) is 0 Å². The van der Waals surface area contributed by atoms with Crippen molar-refractivity contribution in [3.8, 4) is 0 Å². The van der Waals surface area contributed by atoms with Crippen molar-refractivity contribution in [3.05, 3.63) is 34.9 Å². The molecule has 0 bridgehead atoms. The SMILES string of the molecule is Cc1ccc(C(C)(C)CNC(=O)C2(N)CC2)c(C)c1. The van der Waals surface area contributed by atoms with E-state index >= 15 is 0 Å². The third-order valence-corrected chi connectivity index (χ3v) is 4.04. The number of amides is 1. The van der Waals surface area contributed by atoms with Gasteiger partial charge in [-0.05, 0) is 37.8 Å². The van der Waals surface area contributed by atoms with Crippen LogP contribution < -0.4 is 11.1 Å². The maximum Gasteiger partial charge on any atom is 0.240 e. The molecule has 0 radical (unpaired) electrons. The molecule has 1 aromatic rings. The Morgan fingerprint density at radius 2 is 2.00 bits per heavy atom. The molecule has 104 valence electrons. The van der Waals surface area contributed by atoms with Crippen LogP contribution in [0.2, 0.25) is 0 Å². The number of hydrogen-bond acceptors (Lipinski definition) is 2. The summed E-state index contributed by atoms with van der Waals surface area (Å²) in [5.41, 5.74) is 9.04. The lowest BCUT2D eigenvalue weighted by atomic mass is 9.81. The molecule has 1 fully saturated rings. The lowest BCUT2D eigenvalue weighted by molar-refractivity contribution is -0.123. The zero-order valence-corrected chi connectivity index (χ0v) is 12.3. The second-order valence-electron chi connectivity index (χ2n) is 6.54. The smallest absolute Gasteiger partial charge is 0.240 e. The molecule has 3 N–H and O–H groups in total. The van der Waals surface area contributed by atoms with Crippen LogP contribution in [0.1, 0.15) is 43.4 Å². The molecule has 1 aliphatic carbocycles. The number of carbonyl (C=O) groups is 1. The lowest BCUT2D eigenvalue weighted by Gasteiger charge is -2.28. The molecular weight excluding hydrogens is 236 g/mol. The predicted octanol–water partition coefficient (Wildman–Crippen LogP) is 2.19. The largest absolute Gasteiger partial charge is 0.354 e. The van der Waals surface area contributed by atoms with Crippen LogP contribution in [0.25, 0.3) is 0 Å². The van der Waals surface area contributed by atoms with E-state index in [0.29, 0.717) is 6.54 Å². The molecule has 0 unspecified atom stereocenters. The molecule has 0 heterocycles. The van der Waals surface area contributed by atoms with Gasteiger partial charge in [0.2, 0.25) is 5.91 Å². The van der Waals surface area contributed by atoms with Crippen LogP contribution in [0.3, 0.4) is 0 Å². The molecule has 0 spiro atoms. The van der Waals surface area contributed by atoms with E-state index in [2.05, 4.69) is 51.2 Å². The Morgan fingerprint density at radius 3 is 2.53 bits per heavy atom. The summed E-state index contributed by atoms with van der Waals surface area (Å²) in [6.07, 6.45) is 1.62. The van der Waals surface area contributed by atoms with E-state index in [4.69, 9.17) is 5.73 Å².